The topological polar surface area (TPSA) is 62.3 Å². The van der Waals surface area contributed by atoms with Crippen molar-refractivity contribution in [2.45, 2.75) is 18.9 Å². The molecule has 164 valence electrons. The molecule has 2 amide bonds. The van der Waals surface area contributed by atoms with Crippen molar-refractivity contribution in [3.63, 3.8) is 0 Å². The van der Waals surface area contributed by atoms with E-state index in [0.29, 0.717) is 32.0 Å². The van der Waals surface area contributed by atoms with Crippen LogP contribution in [0.15, 0.2) is 73.1 Å². The molecule has 1 saturated heterocycles. The predicted octanol–water partition coefficient (Wildman–Crippen LogP) is 4.12. The molecule has 1 fully saturated rings. The number of likely N-dealkylation sites (tertiary alicyclic amines) is 1. The van der Waals surface area contributed by atoms with Crippen molar-refractivity contribution in [1.82, 2.24) is 15.2 Å². The van der Waals surface area contributed by atoms with Gasteiger partial charge in [0.1, 0.15) is 11.6 Å². The first kappa shape index (κ1) is 21.6. The van der Waals surface area contributed by atoms with Crippen molar-refractivity contribution >= 4 is 11.8 Å². The van der Waals surface area contributed by atoms with Crippen LogP contribution in [0.2, 0.25) is 0 Å². The maximum Gasteiger partial charge on any atom is 0.256 e. The zero-order valence-corrected chi connectivity index (χ0v) is 17.4. The highest BCUT2D eigenvalue weighted by atomic mass is 19.1. The van der Waals surface area contributed by atoms with Crippen LogP contribution in [-0.4, -0.2) is 34.8 Å². The molecule has 1 N–H and O–H groups in total. The van der Waals surface area contributed by atoms with E-state index >= 15 is 0 Å². The van der Waals surface area contributed by atoms with Gasteiger partial charge in [-0.1, -0.05) is 30.3 Å². The second-order valence-electron chi connectivity index (χ2n) is 7.82. The van der Waals surface area contributed by atoms with Crippen molar-refractivity contribution in [1.29, 1.82) is 0 Å². The third-order valence-electron chi connectivity index (χ3n) is 5.77. The summed E-state index contributed by atoms with van der Waals surface area (Å²) in [6.07, 6.45) is 4.32. The van der Waals surface area contributed by atoms with E-state index in [1.807, 2.05) is 42.5 Å². The number of pyridine rings is 1. The maximum absolute atomic E-state index is 14.0. The fraction of sp³-hybridized carbons (Fsp3) is 0.240. The van der Waals surface area contributed by atoms with Gasteiger partial charge >= 0.3 is 0 Å². The van der Waals surface area contributed by atoms with Crippen molar-refractivity contribution in [2.24, 2.45) is 5.92 Å². The number of rotatable bonds is 5. The molecule has 1 aliphatic heterocycles. The van der Waals surface area contributed by atoms with Gasteiger partial charge in [0.25, 0.3) is 5.91 Å². The smallest absolute Gasteiger partial charge is 0.256 e. The van der Waals surface area contributed by atoms with Gasteiger partial charge in [0.15, 0.2) is 0 Å². The molecule has 1 atom stereocenters. The molecule has 0 bridgehead atoms. The summed E-state index contributed by atoms with van der Waals surface area (Å²) in [4.78, 5) is 31.2. The van der Waals surface area contributed by atoms with E-state index in [-0.39, 0.29) is 23.4 Å². The molecule has 1 unspecified atom stereocenters. The van der Waals surface area contributed by atoms with E-state index in [0.717, 1.165) is 23.3 Å². The lowest BCUT2D eigenvalue weighted by Crippen LogP contribution is -2.44. The van der Waals surface area contributed by atoms with E-state index in [1.54, 1.807) is 12.4 Å². The Balaban J connectivity index is 1.42. The van der Waals surface area contributed by atoms with Crippen LogP contribution in [0.25, 0.3) is 0 Å². The van der Waals surface area contributed by atoms with Crippen LogP contribution in [0.1, 0.15) is 40.4 Å². The van der Waals surface area contributed by atoms with E-state index in [9.17, 15) is 18.4 Å². The molecule has 32 heavy (non-hydrogen) atoms. The number of nitrogens with zero attached hydrogens (tertiary/aromatic N) is 2. The lowest BCUT2D eigenvalue weighted by Gasteiger charge is -2.32. The van der Waals surface area contributed by atoms with Crippen molar-refractivity contribution < 1.29 is 18.4 Å². The number of aromatic nitrogens is 1. The number of halogens is 2. The zero-order valence-electron chi connectivity index (χ0n) is 17.4. The maximum atomic E-state index is 14.0. The van der Waals surface area contributed by atoms with Crippen LogP contribution in [-0.2, 0) is 4.79 Å². The average Bonchev–Trinajstić information content (AvgIpc) is 2.83. The lowest BCUT2D eigenvalue weighted by atomic mass is 9.93. The van der Waals surface area contributed by atoms with Gasteiger partial charge in [0.2, 0.25) is 5.91 Å². The van der Waals surface area contributed by atoms with Crippen LogP contribution in [0.3, 0.4) is 0 Å². The quantitative estimate of drug-likeness (QED) is 0.656. The van der Waals surface area contributed by atoms with Crippen LogP contribution >= 0.6 is 0 Å². The van der Waals surface area contributed by atoms with Gasteiger partial charge in [-0.3, -0.25) is 14.6 Å². The third-order valence-corrected chi connectivity index (χ3v) is 5.77. The summed E-state index contributed by atoms with van der Waals surface area (Å²) in [5.41, 5.74) is 1.74. The highest BCUT2D eigenvalue weighted by Gasteiger charge is 2.30. The van der Waals surface area contributed by atoms with Gasteiger partial charge in [-0.05, 0) is 48.2 Å². The fourth-order valence-electron chi connectivity index (χ4n) is 4.00. The minimum absolute atomic E-state index is 0.0873. The highest BCUT2D eigenvalue weighted by Crippen LogP contribution is 2.25. The number of piperidine rings is 1. The monoisotopic (exact) mass is 435 g/mol. The standard InChI is InChI=1S/C25H23F2N3O2/c26-20-6-7-21(22(27)16-20)25(32)30-14-10-19(11-15-30)24(31)29-23(17-4-2-1-3-5-17)18-8-12-28-13-9-18/h1-9,12-13,16,19,23H,10-11,14-15H2,(H,29,31). The summed E-state index contributed by atoms with van der Waals surface area (Å²) in [7, 11) is 0. The molecule has 1 aromatic heterocycles. The SMILES string of the molecule is O=C(NC(c1ccccc1)c1ccncc1)C1CCN(C(=O)c2ccc(F)cc2F)CC1. The summed E-state index contributed by atoms with van der Waals surface area (Å²) in [6.45, 7) is 0.665. The Labute approximate surface area is 185 Å². The van der Waals surface area contributed by atoms with Crippen molar-refractivity contribution in [3.05, 3.63) is 101 Å². The number of benzene rings is 2. The number of carbonyl (C=O) groups is 2. The summed E-state index contributed by atoms with van der Waals surface area (Å²) in [5, 5.41) is 3.14. The third kappa shape index (κ3) is 4.82. The Hall–Kier alpha value is -3.61. The largest absolute Gasteiger partial charge is 0.345 e. The molecule has 0 radical (unpaired) electrons. The predicted molar refractivity (Wildman–Crippen MR) is 116 cm³/mol. The summed E-state index contributed by atoms with van der Waals surface area (Å²) < 4.78 is 27.1. The number of hydrogen-bond donors (Lipinski definition) is 1. The molecule has 0 aliphatic carbocycles. The average molecular weight is 435 g/mol. The van der Waals surface area contributed by atoms with Crippen LogP contribution in [0, 0.1) is 17.6 Å². The number of hydrogen-bond acceptors (Lipinski definition) is 3. The molecule has 5 nitrogen and oxygen atoms in total. The van der Waals surface area contributed by atoms with Crippen LogP contribution in [0.5, 0.6) is 0 Å². The molecule has 4 rings (SSSR count). The van der Waals surface area contributed by atoms with Gasteiger partial charge in [-0.15, -0.1) is 0 Å². The van der Waals surface area contributed by atoms with Crippen molar-refractivity contribution in [3.8, 4) is 0 Å². The Morgan fingerprint density at radius 1 is 0.938 bits per heavy atom. The molecular weight excluding hydrogens is 412 g/mol. The molecule has 1 aliphatic rings. The fourth-order valence-corrected chi connectivity index (χ4v) is 4.00. The number of carbonyl (C=O) groups excluding carboxylic acids is 2. The Bertz CT molecular complexity index is 1050. The minimum atomic E-state index is -0.877. The van der Waals surface area contributed by atoms with Crippen molar-refractivity contribution in [2.75, 3.05) is 13.1 Å². The van der Waals surface area contributed by atoms with E-state index in [4.69, 9.17) is 0 Å². The van der Waals surface area contributed by atoms with Crippen LogP contribution < -0.4 is 5.32 Å². The Morgan fingerprint density at radius 2 is 1.59 bits per heavy atom. The van der Waals surface area contributed by atoms with E-state index in [2.05, 4.69) is 10.3 Å². The van der Waals surface area contributed by atoms with Gasteiger partial charge in [0, 0.05) is 37.5 Å². The van der Waals surface area contributed by atoms with Gasteiger partial charge in [0.05, 0.1) is 11.6 Å². The van der Waals surface area contributed by atoms with E-state index in [1.165, 1.54) is 4.90 Å². The molecular formula is C25H23F2N3O2. The highest BCUT2D eigenvalue weighted by molar-refractivity contribution is 5.94. The first-order chi connectivity index (χ1) is 15.5. The lowest BCUT2D eigenvalue weighted by molar-refractivity contribution is -0.126. The molecule has 7 heteroatoms. The Morgan fingerprint density at radius 3 is 2.25 bits per heavy atom. The Kier molecular flexibility index (Phi) is 6.54. The first-order valence-electron chi connectivity index (χ1n) is 10.5. The minimum Gasteiger partial charge on any atom is -0.345 e. The molecule has 3 aromatic rings. The summed E-state index contributed by atoms with van der Waals surface area (Å²) in [5.74, 6) is -2.43. The van der Waals surface area contributed by atoms with Gasteiger partial charge < -0.3 is 10.2 Å². The van der Waals surface area contributed by atoms with Gasteiger partial charge in [-0.2, -0.15) is 0 Å². The zero-order chi connectivity index (χ0) is 22.5. The normalized spacial score (nSPS) is 15.2. The second-order valence-corrected chi connectivity index (χ2v) is 7.82. The van der Waals surface area contributed by atoms with Crippen LogP contribution in [0.4, 0.5) is 8.78 Å². The summed E-state index contributed by atoms with van der Waals surface area (Å²) >= 11 is 0. The molecule has 2 heterocycles. The summed E-state index contributed by atoms with van der Waals surface area (Å²) in [6, 6.07) is 16.1. The molecule has 2 aromatic carbocycles. The molecule has 0 spiro atoms. The first-order valence-corrected chi connectivity index (χ1v) is 10.5. The second kappa shape index (κ2) is 9.68. The number of nitrogens with one attached hydrogen (secondary N) is 1. The molecule has 0 saturated carbocycles. The number of amides is 2. The van der Waals surface area contributed by atoms with E-state index < -0.39 is 17.5 Å². The van der Waals surface area contributed by atoms with Gasteiger partial charge in [-0.25, -0.2) is 8.78 Å².